The Morgan fingerprint density at radius 3 is 2.41 bits per heavy atom. The summed E-state index contributed by atoms with van der Waals surface area (Å²) in [6.07, 6.45) is 9.43. The number of nitrogens with zero attached hydrogens (tertiary/aromatic N) is 1. The molecule has 2 rings (SSSR count). The molecular weight excluding hydrogens is 338 g/mol. The van der Waals surface area contributed by atoms with Gasteiger partial charge in [-0.05, 0) is 71.2 Å². The first-order chi connectivity index (χ1) is 13.1. The van der Waals surface area contributed by atoms with Crippen LogP contribution < -0.4 is 10.6 Å². The van der Waals surface area contributed by atoms with Crippen molar-refractivity contribution in [3.8, 4) is 0 Å². The largest absolute Gasteiger partial charge is 0.378 e. The van der Waals surface area contributed by atoms with Crippen molar-refractivity contribution in [3.05, 3.63) is 29.8 Å². The molecule has 0 saturated heterocycles. The van der Waals surface area contributed by atoms with Gasteiger partial charge in [-0.15, -0.1) is 0 Å². The number of rotatable bonds is 10. The van der Waals surface area contributed by atoms with Crippen molar-refractivity contribution < 1.29 is 9.53 Å². The SMILES string of the molecule is CNCCCCCCOC1CCC(N(C)C(=O)Nc2ccc(C)cc2)CC1. The highest BCUT2D eigenvalue weighted by molar-refractivity contribution is 5.89. The van der Waals surface area contributed by atoms with Gasteiger partial charge in [0.2, 0.25) is 0 Å². The van der Waals surface area contributed by atoms with E-state index in [2.05, 4.69) is 10.6 Å². The number of hydrogen-bond donors (Lipinski definition) is 2. The van der Waals surface area contributed by atoms with Crippen LogP contribution in [0.3, 0.4) is 0 Å². The summed E-state index contributed by atoms with van der Waals surface area (Å²) in [5.74, 6) is 0. The van der Waals surface area contributed by atoms with Crippen LogP contribution in [-0.4, -0.2) is 50.3 Å². The smallest absolute Gasteiger partial charge is 0.321 e. The van der Waals surface area contributed by atoms with Crippen LogP contribution in [0, 0.1) is 6.92 Å². The second-order valence-electron chi connectivity index (χ2n) is 7.73. The van der Waals surface area contributed by atoms with Crippen LogP contribution in [0.15, 0.2) is 24.3 Å². The lowest BCUT2D eigenvalue weighted by Gasteiger charge is -2.34. The maximum absolute atomic E-state index is 12.5. The van der Waals surface area contributed by atoms with Crippen molar-refractivity contribution in [3.63, 3.8) is 0 Å². The predicted molar refractivity (Wildman–Crippen MR) is 112 cm³/mol. The Morgan fingerprint density at radius 2 is 1.74 bits per heavy atom. The van der Waals surface area contributed by atoms with Crippen molar-refractivity contribution >= 4 is 11.7 Å². The van der Waals surface area contributed by atoms with Crippen LogP contribution in [-0.2, 0) is 4.74 Å². The Labute approximate surface area is 164 Å². The summed E-state index contributed by atoms with van der Waals surface area (Å²) in [7, 11) is 3.91. The molecular formula is C22H37N3O2. The van der Waals surface area contributed by atoms with E-state index in [9.17, 15) is 4.79 Å². The van der Waals surface area contributed by atoms with E-state index >= 15 is 0 Å². The van der Waals surface area contributed by atoms with E-state index in [1.165, 1.54) is 24.8 Å². The highest BCUT2D eigenvalue weighted by Gasteiger charge is 2.26. The molecule has 2 N–H and O–H groups in total. The van der Waals surface area contributed by atoms with Crippen molar-refractivity contribution in [1.82, 2.24) is 10.2 Å². The fourth-order valence-electron chi connectivity index (χ4n) is 3.62. The summed E-state index contributed by atoms with van der Waals surface area (Å²) in [5, 5.41) is 6.17. The summed E-state index contributed by atoms with van der Waals surface area (Å²) in [6, 6.07) is 8.20. The molecule has 27 heavy (non-hydrogen) atoms. The molecule has 5 heteroatoms. The molecule has 2 amide bonds. The minimum atomic E-state index is -0.0233. The average Bonchev–Trinajstić information content (AvgIpc) is 2.69. The van der Waals surface area contributed by atoms with Gasteiger partial charge in [0, 0.05) is 25.4 Å². The first kappa shape index (κ1) is 21.7. The molecule has 1 aliphatic rings. The first-order valence-electron chi connectivity index (χ1n) is 10.5. The number of carbonyl (C=O) groups excluding carboxylic acids is 1. The van der Waals surface area contributed by atoms with Gasteiger partial charge >= 0.3 is 6.03 Å². The molecule has 1 saturated carbocycles. The third-order valence-electron chi connectivity index (χ3n) is 5.49. The summed E-state index contributed by atoms with van der Waals surface area (Å²) >= 11 is 0. The van der Waals surface area contributed by atoms with E-state index in [0.717, 1.165) is 50.9 Å². The Morgan fingerprint density at radius 1 is 1.07 bits per heavy atom. The Bertz CT molecular complexity index is 539. The van der Waals surface area contributed by atoms with Crippen molar-refractivity contribution in [2.24, 2.45) is 0 Å². The zero-order chi connectivity index (χ0) is 19.5. The molecule has 1 aromatic carbocycles. The number of carbonyl (C=O) groups is 1. The number of hydrogen-bond acceptors (Lipinski definition) is 3. The minimum Gasteiger partial charge on any atom is -0.378 e. The van der Waals surface area contributed by atoms with Gasteiger partial charge in [-0.3, -0.25) is 0 Å². The van der Waals surface area contributed by atoms with E-state index in [1.807, 2.05) is 50.2 Å². The third-order valence-corrected chi connectivity index (χ3v) is 5.49. The maximum atomic E-state index is 12.5. The van der Waals surface area contributed by atoms with E-state index in [0.29, 0.717) is 12.1 Å². The number of nitrogens with one attached hydrogen (secondary N) is 2. The van der Waals surface area contributed by atoms with Crippen LogP contribution in [0.1, 0.15) is 56.9 Å². The molecule has 5 nitrogen and oxygen atoms in total. The van der Waals surface area contributed by atoms with Gasteiger partial charge < -0.3 is 20.3 Å². The highest BCUT2D eigenvalue weighted by Crippen LogP contribution is 2.25. The van der Waals surface area contributed by atoms with Gasteiger partial charge in [0.15, 0.2) is 0 Å². The predicted octanol–water partition coefficient (Wildman–Crippen LogP) is 4.57. The van der Waals surface area contributed by atoms with E-state index in [-0.39, 0.29) is 6.03 Å². The van der Waals surface area contributed by atoms with E-state index < -0.39 is 0 Å². The number of urea groups is 1. The molecule has 1 aliphatic carbocycles. The Balaban J connectivity index is 1.61. The van der Waals surface area contributed by atoms with Crippen molar-refractivity contribution in [1.29, 1.82) is 0 Å². The van der Waals surface area contributed by atoms with Gasteiger partial charge in [-0.1, -0.05) is 30.5 Å². The lowest BCUT2D eigenvalue weighted by Crippen LogP contribution is -2.42. The lowest BCUT2D eigenvalue weighted by molar-refractivity contribution is 0.0131. The van der Waals surface area contributed by atoms with Crippen LogP contribution in [0.4, 0.5) is 10.5 Å². The quantitative estimate of drug-likeness (QED) is 0.589. The second kappa shape index (κ2) is 12.0. The lowest BCUT2D eigenvalue weighted by atomic mass is 9.92. The molecule has 0 spiro atoms. The van der Waals surface area contributed by atoms with Gasteiger partial charge in [-0.25, -0.2) is 4.79 Å². The first-order valence-corrected chi connectivity index (χ1v) is 10.5. The minimum absolute atomic E-state index is 0.0233. The fourth-order valence-corrected chi connectivity index (χ4v) is 3.62. The molecule has 0 aliphatic heterocycles. The second-order valence-corrected chi connectivity index (χ2v) is 7.73. The van der Waals surface area contributed by atoms with Gasteiger partial charge in [0.25, 0.3) is 0 Å². The van der Waals surface area contributed by atoms with E-state index in [1.54, 1.807) is 0 Å². The van der Waals surface area contributed by atoms with Crippen molar-refractivity contribution in [2.45, 2.75) is 70.4 Å². The molecule has 1 aromatic rings. The number of anilines is 1. The number of aryl methyl sites for hydroxylation is 1. The van der Waals surface area contributed by atoms with Crippen LogP contribution >= 0.6 is 0 Å². The summed E-state index contributed by atoms with van der Waals surface area (Å²) in [5.41, 5.74) is 2.04. The third kappa shape index (κ3) is 7.89. The molecule has 0 bridgehead atoms. The summed E-state index contributed by atoms with van der Waals surface area (Å²) in [6.45, 7) is 4.02. The molecule has 0 aromatic heterocycles. The van der Waals surface area contributed by atoms with Crippen molar-refractivity contribution in [2.75, 3.05) is 32.6 Å². The molecule has 152 valence electrons. The zero-order valence-corrected chi connectivity index (χ0v) is 17.3. The van der Waals surface area contributed by atoms with Gasteiger partial charge in [-0.2, -0.15) is 0 Å². The fraction of sp³-hybridized carbons (Fsp3) is 0.682. The monoisotopic (exact) mass is 375 g/mol. The zero-order valence-electron chi connectivity index (χ0n) is 17.3. The normalized spacial score (nSPS) is 19.7. The maximum Gasteiger partial charge on any atom is 0.321 e. The standard InChI is InChI=1S/C22H37N3O2/c1-18-8-10-19(11-9-18)24-22(26)25(3)20-12-14-21(15-13-20)27-17-7-5-4-6-16-23-2/h8-11,20-21,23H,4-7,12-17H2,1-3H3,(H,24,26). The van der Waals surface area contributed by atoms with Crippen LogP contribution in [0.5, 0.6) is 0 Å². The average molecular weight is 376 g/mol. The topological polar surface area (TPSA) is 53.6 Å². The molecule has 1 fully saturated rings. The Hall–Kier alpha value is -1.59. The summed E-state index contributed by atoms with van der Waals surface area (Å²) < 4.78 is 6.05. The number of unbranched alkanes of at least 4 members (excludes halogenated alkanes) is 3. The number of benzene rings is 1. The number of amides is 2. The summed E-state index contributed by atoms with van der Waals surface area (Å²) in [4.78, 5) is 14.3. The molecule has 0 radical (unpaired) electrons. The van der Waals surface area contributed by atoms with Gasteiger partial charge in [0.05, 0.1) is 6.10 Å². The number of ether oxygens (including phenoxy) is 1. The van der Waals surface area contributed by atoms with Crippen LogP contribution in [0.25, 0.3) is 0 Å². The Kier molecular flexibility index (Phi) is 9.64. The molecule has 0 heterocycles. The van der Waals surface area contributed by atoms with Gasteiger partial charge in [0.1, 0.15) is 0 Å². The van der Waals surface area contributed by atoms with E-state index in [4.69, 9.17) is 4.74 Å². The molecule has 0 atom stereocenters. The van der Waals surface area contributed by atoms with Crippen LogP contribution in [0.2, 0.25) is 0 Å². The molecule has 0 unspecified atom stereocenters. The highest BCUT2D eigenvalue weighted by atomic mass is 16.5.